The van der Waals surface area contributed by atoms with Gasteiger partial charge in [-0.3, -0.25) is 14.2 Å². The Morgan fingerprint density at radius 3 is 2.84 bits per heavy atom. The molecule has 0 bridgehead atoms. The first-order valence-corrected chi connectivity index (χ1v) is 7.89. The predicted molar refractivity (Wildman–Crippen MR) is 89.8 cm³/mol. The Bertz CT molecular complexity index is 929. The second-order valence-electron chi connectivity index (χ2n) is 5.86. The molecule has 0 radical (unpaired) electrons. The van der Waals surface area contributed by atoms with Gasteiger partial charge in [0.05, 0.1) is 0 Å². The highest BCUT2D eigenvalue weighted by Gasteiger charge is 2.14. The lowest BCUT2D eigenvalue weighted by atomic mass is 10.1. The molecule has 0 atom stereocenters. The number of H-pyrrole nitrogens is 1. The van der Waals surface area contributed by atoms with Crippen LogP contribution in [-0.2, 0) is 24.8 Å². The fourth-order valence-electron chi connectivity index (χ4n) is 2.65. The summed E-state index contributed by atoms with van der Waals surface area (Å²) < 4.78 is 11.5. The van der Waals surface area contributed by atoms with Crippen molar-refractivity contribution < 1.29 is 14.3 Å². The lowest BCUT2D eigenvalue weighted by Crippen LogP contribution is -2.36. The number of benzene rings is 1. The molecule has 3 rings (SSSR count). The zero-order valence-electron chi connectivity index (χ0n) is 14.0. The molecule has 8 heteroatoms. The van der Waals surface area contributed by atoms with E-state index in [4.69, 9.17) is 9.47 Å². The van der Waals surface area contributed by atoms with E-state index in [-0.39, 0.29) is 31.1 Å². The van der Waals surface area contributed by atoms with Gasteiger partial charge in [-0.2, -0.15) is 0 Å². The molecule has 0 spiro atoms. The normalized spacial score (nSPS) is 12.2. The number of rotatable bonds is 5. The van der Waals surface area contributed by atoms with Crippen molar-refractivity contribution in [2.45, 2.75) is 26.3 Å². The zero-order chi connectivity index (χ0) is 18.0. The van der Waals surface area contributed by atoms with Crippen LogP contribution in [-0.4, -0.2) is 22.3 Å². The van der Waals surface area contributed by atoms with Crippen LogP contribution < -0.4 is 26.0 Å². The van der Waals surface area contributed by atoms with Crippen LogP contribution in [0.4, 0.5) is 0 Å². The summed E-state index contributed by atoms with van der Waals surface area (Å²) in [5.74, 6) is 1.18. The topological polar surface area (TPSA) is 102 Å². The van der Waals surface area contributed by atoms with Crippen LogP contribution in [0.15, 0.2) is 27.8 Å². The average molecular weight is 345 g/mol. The second-order valence-corrected chi connectivity index (χ2v) is 5.86. The Balaban J connectivity index is 1.58. The van der Waals surface area contributed by atoms with Crippen LogP contribution in [0, 0.1) is 6.92 Å². The maximum atomic E-state index is 12.1. The number of fused-ring (bicyclic) bond motifs is 1. The van der Waals surface area contributed by atoms with Crippen LogP contribution in [0.2, 0.25) is 0 Å². The van der Waals surface area contributed by atoms with Gasteiger partial charge in [0, 0.05) is 31.3 Å². The molecule has 0 unspecified atom stereocenters. The van der Waals surface area contributed by atoms with Crippen LogP contribution in [0.25, 0.3) is 0 Å². The molecule has 0 saturated heterocycles. The highest BCUT2D eigenvalue weighted by molar-refractivity contribution is 5.76. The maximum Gasteiger partial charge on any atom is 0.328 e. The monoisotopic (exact) mass is 345 g/mol. The number of aromatic amines is 1. The summed E-state index contributed by atoms with van der Waals surface area (Å²) in [6, 6.07) is 5.48. The first-order chi connectivity index (χ1) is 12.0. The van der Waals surface area contributed by atoms with Gasteiger partial charge in [-0.05, 0) is 31.0 Å². The Labute approximate surface area is 143 Å². The predicted octanol–water partition coefficient (Wildman–Crippen LogP) is 0.360. The van der Waals surface area contributed by atoms with Crippen molar-refractivity contribution in [3.8, 4) is 11.5 Å². The lowest BCUT2D eigenvalue weighted by Gasteiger charge is -2.08. The molecular weight excluding hydrogens is 326 g/mol. The molecule has 1 aromatic heterocycles. The SMILES string of the molecule is Cc1[nH]c(=O)n(C)c(=O)c1CCC(=O)NCc1ccc2c(c1)OCO2. The number of carbonyl (C=O) groups excluding carboxylic acids is 1. The number of carbonyl (C=O) groups is 1. The third-order valence-corrected chi connectivity index (χ3v) is 4.14. The highest BCUT2D eigenvalue weighted by Crippen LogP contribution is 2.32. The van der Waals surface area contributed by atoms with Crippen LogP contribution in [0.5, 0.6) is 11.5 Å². The highest BCUT2D eigenvalue weighted by atomic mass is 16.7. The molecule has 0 saturated carbocycles. The van der Waals surface area contributed by atoms with Crippen molar-refractivity contribution in [1.82, 2.24) is 14.9 Å². The van der Waals surface area contributed by atoms with Crippen molar-refractivity contribution >= 4 is 5.91 Å². The van der Waals surface area contributed by atoms with Crippen molar-refractivity contribution in [2.75, 3.05) is 6.79 Å². The molecule has 1 aliphatic heterocycles. The minimum atomic E-state index is -0.460. The van der Waals surface area contributed by atoms with E-state index in [9.17, 15) is 14.4 Å². The molecule has 1 amide bonds. The number of amides is 1. The van der Waals surface area contributed by atoms with E-state index in [2.05, 4.69) is 10.3 Å². The fraction of sp³-hybridized carbons (Fsp3) is 0.353. The van der Waals surface area contributed by atoms with E-state index in [1.54, 1.807) is 13.0 Å². The van der Waals surface area contributed by atoms with Crippen molar-refractivity contribution in [1.29, 1.82) is 0 Å². The largest absolute Gasteiger partial charge is 0.454 e. The van der Waals surface area contributed by atoms with E-state index < -0.39 is 5.69 Å². The molecule has 0 fully saturated rings. The number of ether oxygens (including phenoxy) is 2. The molecule has 8 nitrogen and oxygen atoms in total. The number of aromatic nitrogens is 2. The molecule has 2 heterocycles. The van der Waals surface area contributed by atoms with Crippen molar-refractivity contribution in [3.05, 3.63) is 55.9 Å². The number of nitrogens with zero attached hydrogens (tertiary/aromatic N) is 1. The standard InChI is InChI=1S/C17H19N3O5/c1-10-12(16(22)20(2)17(23)19-10)4-6-15(21)18-8-11-3-5-13-14(7-11)25-9-24-13/h3,5,7H,4,6,8-9H2,1-2H3,(H,18,21)(H,19,23). The Morgan fingerprint density at radius 2 is 2.04 bits per heavy atom. The summed E-state index contributed by atoms with van der Waals surface area (Å²) in [6.45, 7) is 2.22. The first-order valence-electron chi connectivity index (χ1n) is 7.89. The number of nitrogens with one attached hydrogen (secondary N) is 2. The summed E-state index contributed by atoms with van der Waals surface area (Å²) in [4.78, 5) is 38.2. The van der Waals surface area contributed by atoms with Gasteiger partial charge in [0.1, 0.15) is 0 Å². The first kappa shape index (κ1) is 16.8. The Hall–Kier alpha value is -3.03. The van der Waals surface area contributed by atoms with Crippen LogP contribution in [0.1, 0.15) is 23.2 Å². The summed E-state index contributed by atoms with van der Waals surface area (Å²) in [5, 5.41) is 2.81. The summed E-state index contributed by atoms with van der Waals surface area (Å²) in [5.41, 5.74) is 1.01. The van der Waals surface area contributed by atoms with Crippen molar-refractivity contribution in [3.63, 3.8) is 0 Å². The third kappa shape index (κ3) is 3.57. The van der Waals surface area contributed by atoms with E-state index >= 15 is 0 Å². The molecule has 0 aliphatic carbocycles. The molecule has 1 aliphatic rings. The van der Waals surface area contributed by atoms with Crippen LogP contribution in [0.3, 0.4) is 0 Å². The molecule has 2 N–H and O–H groups in total. The molecular formula is C17H19N3O5. The van der Waals surface area contributed by atoms with Gasteiger partial charge in [-0.1, -0.05) is 6.07 Å². The van der Waals surface area contributed by atoms with Gasteiger partial charge in [0.2, 0.25) is 12.7 Å². The van der Waals surface area contributed by atoms with Crippen molar-refractivity contribution in [2.24, 2.45) is 7.05 Å². The number of aryl methyl sites for hydroxylation is 1. The number of hydrogen-bond acceptors (Lipinski definition) is 5. The Kier molecular flexibility index (Phi) is 4.60. The summed E-state index contributed by atoms with van der Waals surface area (Å²) in [6.07, 6.45) is 0.426. The quantitative estimate of drug-likeness (QED) is 0.815. The lowest BCUT2D eigenvalue weighted by molar-refractivity contribution is -0.121. The third-order valence-electron chi connectivity index (χ3n) is 4.14. The van der Waals surface area contributed by atoms with Gasteiger partial charge in [-0.15, -0.1) is 0 Å². The van der Waals surface area contributed by atoms with Crippen LogP contribution >= 0.6 is 0 Å². The second kappa shape index (κ2) is 6.84. The zero-order valence-corrected chi connectivity index (χ0v) is 14.0. The Morgan fingerprint density at radius 1 is 1.28 bits per heavy atom. The average Bonchev–Trinajstić information content (AvgIpc) is 3.05. The minimum absolute atomic E-state index is 0.159. The van der Waals surface area contributed by atoms with E-state index in [1.165, 1.54) is 7.05 Å². The summed E-state index contributed by atoms with van der Waals surface area (Å²) in [7, 11) is 1.41. The molecule has 1 aromatic carbocycles. The van der Waals surface area contributed by atoms with E-state index in [0.29, 0.717) is 29.3 Å². The molecule has 25 heavy (non-hydrogen) atoms. The van der Waals surface area contributed by atoms with Gasteiger partial charge in [0.25, 0.3) is 5.56 Å². The fourth-order valence-corrected chi connectivity index (χ4v) is 2.65. The van der Waals surface area contributed by atoms with Gasteiger partial charge < -0.3 is 19.8 Å². The maximum absolute atomic E-state index is 12.1. The van der Waals surface area contributed by atoms with Gasteiger partial charge >= 0.3 is 5.69 Å². The number of hydrogen-bond donors (Lipinski definition) is 2. The summed E-state index contributed by atoms with van der Waals surface area (Å²) >= 11 is 0. The minimum Gasteiger partial charge on any atom is -0.454 e. The van der Waals surface area contributed by atoms with Gasteiger partial charge in [0.15, 0.2) is 11.5 Å². The molecule has 132 valence electrons. The molecule has 2 aromatic rings. The van der Waals surface area contributed by atoms with E-state index in [1.807, 2.05) is 12.1 Å². The van der Waals surface area contributed by atoms with Gasteiger partial charge in [-0.25, -0.2) is 4.79 Å². The smallest absolute Gasteiger partial charge is 0.328 e. The van der Waals surface area contributed by atoms with E-state index in [0.717, 1.165) is 10.1 Å².